The van der Waals surface area contributed by atoms with Gasteiger partial charge in [-0.2, -0.15) is 11.8 Å². The molecule has 1 unspecified atom stereocenters. The number of hydrogen-bond donors (Lipinski definition) is 1. The van der Waals surface area contributed by atoms with E-state index in [2.05, 4.69) is 4.98 Å². The van der Waals surface area contributed by atoms with E-state index in [1.165, 1.54) is 4.88 Å². The molecule has 0 saturated carbocycles. The van der Waals surface area contributed by atoms with Crippen LogP contribution in [0.25, 0.3) is 0 Å². The van der Waals surface area contributed by atoms with Crippen molar-refractivity contribution in [3.05, 3.63) is 16.1 Å². The summed E-state index contributed by atoms with van der Waals surface area (Å²) >= 11 is 3.37. The average Bonchev–Trinajstić information content (AvgIpc) is 2.58. The van der Waals surface area contributed by atoms with Crippen molar-refractivity contribution >= 4 is 29.1 Å². The Bertz CT molecular complexity index is 325. The van der Waals surface area contributed by atoms with E-state index in [4.69, 9.17) is 5.11 Å². The van der Waals surface area contributed by atoms with Gasteiger partial charge in [0.05, 0.1) is 17.1 Å². The summed E-state index contributed by atoms with van der Waals surface area (Å²) in [5.41, 5.74) is 2.96. The molecular formula is C10H15NO2S2. The zero-order valence-corrected chi connectivity index (χ0v) is 10.5. The van der Waals surface area contributed by atoms with E-state index >= 15 is 0 Å². The van der Waals surface area contributed by atoms with Crippen molar-refractivity contribution < 1.29 is 9.90 Å². The lowest BCUT2D eigenvalue weighted by Gasteiger charge is -2.04. The van der Waals surface area contributed by atoms with Gasteiger partial charge in [-0.05, 0) is 19.1 Å². The number of aliphatic carboxylic acids is 1. The lowest BCUT2D eigenvalue weighted by atomic mass is 10.2. The fourth-order valence-electron chi connectivity index (χ4n) is 1.06. The smallest absolute Gasteiger partial charge is 0.307 e. The third kappa shape index (κ3) is 4.22. The maximum Gasteiger partial charge on any atom is 0.307 e. The number of carbonyl (C=O) groups is 1. The first-order valence-corrected chi connectivity index (χ1v) is 6.84. The minimum Gasteiger partial charge on any atom is -0.481 e. The Kier molecular flexibility index (Phi) is 5.11. The molecule has 0 radical (unpaired) electrons. The molecule has 0 aliphatic rings. The van der Waals surface area contributed by atoms with Gasteiger partial charge in [0.1, 0.15) is 0 Å². The average molecular weight is 245 g/mol. The molecule has 1 N–H and O–H groups in total. The highest BCUT2D eigenvalue weighted by atomic mass is 32.2. The van der Waals surface area contributed by atoms with E-state index < -0.39 is 5.97 Å². The van der Waals surface area contributed by atoms with Crippen molar-refractivity contribution in [3.8, 4) is 0 Å². The van der Waals surface area contributed by atoms with E-state index in [-0.39, 0.29) is 5.92 Å². The first kappa shape index (κ1) is 12.5. The zero-order chi connectivity index (χ0) is 11.3. The summed E-state index contributed by atoms with van der Waals surface area (Å²) in [7, 11) is 0. The lowest BCUT2D eigenvalue weighted by molar-refractivity contribution is -0.140. The number of thiazole rings is 1. The van der Waals surface area contributed by atoms with Crippen LogP contribution in [-0.4, -0.2) is 27.6 Å². The fraction of sp³-hybridized carbons (Fsp3) is 0.600. The third-order valence-corrected chi connectivity index (χ3v) is 4.33. The Labute approximate surface area is 97.9 Å². The van der Waals surface area contributed by atoms with Gasteiger partial charge in [0, 0.05) is 10.6 Å². The molecule has 1 heterocycles. The number of aryl methyl sites for hydroxylation is 2. The Balaban J connectivity index is 2.17. The number of rotatable bonds is 6. The summed E-state index contributed by atoms with van der Waals surface area (Å²) < 4.78 is 0. The first-order valence-electron chi connectivity index (χ1n) is 4.80. The van der Waals surface area contributed by atoms with Gasteiger partial charge in [-0.25, -0.2) is 4.98 Å². The molecule has 1 atom stereocenters. The van der Waals surface area contributed by atoms with Crippen molar-refractivity contribution in [1.82, 2.24) is 4.98 Å². The zero-order valence-electron chi connectivity index (χ0n) is 8.90. The quantitative estimate of drug-likeness (QED) is 0.782. The van der Waals surface area contributed by atoms with Crippen molar-refractivity contribution in [3.63, 3.8) is 0 Å². The summed E-state index contributed by atoms with van der Waals surface area (Å²) in [5, 5.41) is 8.69. The van der Waals surface area contributed by atoms with Gasteiger partial charge in [0.25, 0.3) is 0 Å². The molecule has 1 aromatic heterocycles. The maximum absolute atomic E-state index is 10.6. The number of hydrogen-bond acceptors (Lipinski definition) is 4. The van der Waals surface area contributed by atoms with E-state index in [9.17, 15) is 4.79 Å². The van der Waals surface area contributed by atoms with Crippen molar-refractivity contribution in [1.29, 1.82) is 0 Å². The molecule has 1 rings (SSSR count). The Morgan fingerprint density at radius 3 is 3.00 bits per heavy atom. The molecule has 0 amide bonds. The van der Waals surface area contributed by atoms with Crippen molar-refractivity contribution in [2.45, 2.75) is 20.3 Å². The maximum atomic E-state index is 10.6. The highest BCUT2D eigenvalue weighted by Crippen LogP contribution is 2.16. The first-order chi connectivity index (χ1) is 7.11. The van der Waals surface area contributed by atoms with E-state index in [0.29, 0.717) is 5.75 Å². The summed E-state index contributed by atoms with van der Waals surface area (Å²) in [6.45, 7) is 3.75. The molecule has 0 bridgehead atoms. The van der Waals surface area contributed by atoms with Crippen molar-refractivity contribution in [2.24, 2.45) is 5.92 Å². The second-order valence-electron chi connectivity index (χ2n) is 3.43. The summed E-state index contributed by atoms with van der Waals surface area (Å²) in [6.07, 6.45) is 0.994. The van der Waals surface area contributed by atoms with E-state index in [1.54, 1.807) is 30.0 Å². The molecule has 0 saturated heterocycles. The fourth-order valence-corrected chi connectivity index (χ4v) is 2.98. The summed E-state index contributed by atoms with van der Waals surface area (Å²) in [4.78, 5) is 16.0. The van der Waals surface area contributed by atoms with Gasteiger partial charge in [-0.3, -0.25) is 4.79 Å². The number of carboxylic acids is 1. The monoisotopic (exact) mass is 245 g/mol. The van der Waals surface area contributed by atoms with Crippen LogP contribution < -0.4 is 0 Å². The molecule has 0 aliphatic carbocycles. The van der Waals surface area contributed by atoms with Crippen molar-refractivity contribution in [2.75, 3.05) is 11.5 Å². The Hall–Kier alpha value is -0.550. The SMILES string of the molecule is Cc1ncsc1CCSCC(C)C(=O)O. The Morgan fingerprint density at radius 1 is 1.73 bits per heavy atom. The minimum absolute atomic E-state index is 0.252. The highest BCUT2D eigenvalue weighted by molar-refractivity contribution is 7.99. The number of thioether (sulfide) groups is 1. The second-order valence-corrected chi connectivity index (χ2v) is 5.51. The molecule has 84 valence electrons. The normalized spacial score (nSPS) is 12.7. The molecule has 0 fully saturated rings. The number of carboxylic acid groups (broad SMARTS) is 1. The molecule has 15 heavy (non-hydrogen) atoms. The number of aromatic nitrogens is 1. The van der Waals surface area contributed by atoms with Crippen LogP contribution in [0.15, 0.2) is 5.51 Å². The van der Waals surface area contributed by atoms with Gasteiger partial charge < -0.3 is 5.11 Å². The highest BCUT2D eigenvalue weighted by Gasteiger charge is 2.10. The Morgan fingerprint density at radius 2 is 2.47 bits per heavy atom. The molecule has 0 aromatic carbocycles. The van der Waals surface area contributed by atoms with Crippen LogP contribution in [0, 0.1) is 12.8 Å². The van der Waals surface area contributed by atoms with E-state index in [1.807, 2.05) is 12.4 Å². The molecular weight excluding hydrogens is 230 g/mol. The molecule has 3 nitrogen and oxygen atoms in total. The minimum atomic E-state index is -0.712. The topological polar surface area (TPSA) is 50.2 Å². The van der Waals surface area contributed by atoms with Gasteiger partial charge in [-0.1, -0.05) is 6.92 Å². The molecule has 0 spiro atoms. The molecule has 0 aliphatic heterocycles. The summed E-state index contributed by atoms with van der Waals surface area (Å²) in [5.74, 6) is 0.697. The lowest BCUT2D eigenvalue weighted by Crippen LogP contribution is -2.12. The van der Waals surface area contributed by atoms with Crippen LogP contribution in [0.3, 0.4) is 0 Å². The van der Waals surface area contributed by atoms with Crippen LogP contribution in [0.2, 0.25) is 0 Å². The third-order valence-electron chi connectivity index (χ3n) is 2.11. The number of nitrogens with zero attached hydrogens (tertiary/aromatic N) is 1. The molecule has 1 aromatic rings. The van der Waals surface area contributed by atoms with Crippen LogP contribution in [0.4, 0.5) is 0 Å². The van der Waals surface area contributed by atoms with Gasteiger partial charge >= 0.3 is 5.97 Å². The van der Waals surface area contributed by atoms with E-state index in [0.717, 1.165) is 17.9 Å². The largest absolute Gasteiger partial charge is 0.481 e. The predicted molar refractivity (Wildman–Crippen MR) is 64.7 cm³/mol. The second kappa shape index (κ2) is 6.12. The molecule has 5 heteroatoms. The van der Waals surface area contributed by atoms with Crippen LogP contribution in [0.1, 0.15) is 17.5 Å². The standard InChI is InChI=1S/C10H15NO2S2/c1-7(10(12)13)5-14-4-3-9-8(2)11-6-15-9/h6-7H,3-5H2,1-2H3,(H,12,13). The van der Waals surface area contributed by atoms with Gasteiger partial charge in [0.2, 0.25) is 0 Å². The summed E-state index contributed by atoms with van der Waals surface area (Å²) in [6, 6.07) is 0. The predicted octanol–water partition coefficient (Wildman–Crippen LogP) is 2.45. The van der Waals surface area contributed by atoms with Gasteiger partial charge in [0.15, 0.2) is 0 Å². The van der Waals surface area contributed by atoms with Gasteiger partial charge in [-0.15, -0.1) is 11.3 Å². The van der Waals surface area contributed by atoms with Crippen LogP contribution in [0.5, 0.6) is 0 Å². The van der Waals surface area contributed by atoms with Crippen LogP contribution >= 0.6 is 23.1 Å². The van der Waals surface area contributed by atoms with Crippen LogP contribution in [-0.2, 0) is 11.2 Å².